The topological polar surface area (TPSA) is 12.9 Å². The predicted molar refractivity (Wildman–Crippen MR) is 110 cm³/mol. The molecule has 4 rings (SSSR count). The number of benzene rings is 3. The van der Waals surface area contributed by atoms with Gasteiger partial charge in [-0.05, 0) is 34.9 Å². The third-order valence-electron chi connectivity index (χ3n) is 4.27. The van der Waals surface area contributed by atoms with Gasteiger partial charge in [0, 0.05) is 5.56 Å². The standard InChI is InChI=1S/C25H19N/c1-4-10-20(11-5-1)16-17-24-18-23(21-12-6-2-7-13-21)19-25(26-24)22-14-8-3-9-15-22/h1-19H/b17-16+. The molecule has 0 N–H and O–H groups in total. The highest BCUT2D eigenvalue weighted by Gasteiger charge is 2.05. The zero-order chi connectivity index (χ0) is 17.6. The molecule has 1 heterocycles. The van der Waals surface area contributed by atoms with Crippen LogP contribution in [-0.4, -0.2) is 4.98 Å². The molecule has 1 heteroatoms. The molecule has 0 saturated heterocycles. The van der Waals surface area contributed by atoms with Crippen molar-refractivity contribution in [1.82, 2.24) is 4.98 Å². The number of hydrogen-bond acceptors (Lipinski definition) is 1. The number of aromatic nitrogens is 1. The lowest BCUT2D eigenvalue weighted by Gasteiger charge is -2.08. The van der Waals surface area contributed by atoms with Crippen LogP contribution in [0, 0.1) is 0 Å². The molecule has 0 unspecified atom stereocenters. The summed E-state index contributed by atoms with van der Waals surface area (Å²) in [7, 11) is 0. The van der Waals surface area contributed by atoms with E-state index in [0.29, 0.717) is 0 Å². The van der Waals surface area contributed by atoms with Crippen molar-refractivity contribution >= 4 is 12.2 Å². The number of hydrogen-bond donors (Lipinski definition) is 0. The van der Waals surface area contributed by atoms with Crippen molar-refractivity contribution < 1.29 is 0 Å². The summed E-state index contributed by atoms with van der Waals surface area (Å²) in [4.78, 5) is 4.86. The maximum absolute atomic E-state index is 4.86. The zero-order valence-electron chi connectivity index (χ0n) is 14.4. The molecule has 26 heavy (non-hydrogen) atoms. The van der Waals surface area contributed by atoms with Crippen molar-refractivity contribution in [3.05, 3.63) is 114 Å². The van der Waals surface area contributed by atoms with Gasteiger partial charge < -0.3 is 0 Å². The molecule has 0 bridgehead atoms. The van der Waals surface area contributed by atoms with Gasteiger partial charge in [-0.3, -0.25) is 0 Å². The van der Waals surface area contributed by atoms with Crippen LogP contribution in [0.1, 0.15) is 11.3 Å². The molecule has 0 aliphatic carbocycles. The fourth-order valence-electron chi connectivity index (χ4n) is 2.94. The quantitative estimate of drug-likeness (QED) is 0.411. The van der Waals surface area contributed by atoms with Gasteiger partial charge in [-0.2, -0.15) is 0 Å². The Morgan fingerprint density at radius 2 is 1.08 bits per heavy atom. The lowest BCUT2D eigenvalue weighted by atomic mass is 10.0. The fourth-order valence-corrected chi connectivity index (χ4v) is 2.94. The second-order valence-corrected chi connectivity index (χ2v) is 6.14. The van der Waals surface area contributed by atoms with E-state index < -0.39 is 0 Å². The van der Waals surface area contributed by atoms with Gasteiger partial charge >= 0.3 is 0 Å². The van der Waals surface area contributed by atoms with Crippen molar-refractivity contribution in [2.45, 2.75) is 0 Å². The lowest BCUT2D eigenvalue weighted by molar-refractivity contribution is 1.30. The molecular formula is C25H19N. The summed E-state index contributed by atoms with van der Waals surface area (Å²) in [6.45, 7) is 0. The van der Waals surface area contributed by atoms with Crippen molar-refractivity contribution in [2.75, 3.05) is 0 Å². The van der Waals surface area contributed by atoms with Gasteiger partial charge in [0.1, 0.15) is 0 Å². The average molecular weight is 333 g/mol. The highest BCUT2D eigenvalue weighted by molar-refractivity contribution is 5.76. The van der Waals surface area contributed by atoms with Gasteiger partial charge in [-0.25, -0.2) is 4.98 Å². The van der Waals surface area contributed by atoms with Crippen LogP contribution < -0.4 is 0 Å². The van der Waals surface area contributed by atoms with E-state index in [4.69, 9.17) is 4.98 Å². The summed E-state index contributed by atoms with van der Waals surface area (Å²) >= 11 is 0. The molecule has 0 fully saturated rings. The summed E-state index contributed by atoms with van der Waals surface area (Å²) in [5, 5.41) is 0. The smallest absolute Gasteiger partial charge is 0.0715 e. The van der Waals surface area contributed by atoms with E-state index in [2.05, 4.69) is 72.8 Å². The van der Waals surface area contributed by atoms with E-state index in [9.17, 15) is 0 Å². The molecule has 3 aromatic carbocycles. The van der Waals surface area contributed by atoms with Gasteiger partial charge in [0.2, 0.25) is 0 Å². The SMILES string of the molecule is C(=C\c1cc(-c2ccccc2)cc(-c2ccccc2)n1)/c1ccccc1. The van der Waals surface area contributed by atoms with Gasteiger partial charge in [0.15, 0.2) is 0 Å². The third-order valence-corrected chi connectivity index (χ3v) is 4.27. The second-order valence-electron chi connectivity index (χ2n) is 6.14. The first-order valence-electron chi connectivity index (χ1n) is 8.74. The molecule has 0 atom stereocenters. The van der Waals surface area contributed by atoms with E-state index >= 15 is 0 Å². The minimum absolute atomic E-state index is 0.953. The van der Waals surface area contributed by atoms with Crippen LogP contribution in [0.5, 0.6) is 0 Å². The molecule has 0 saturated carbocycles. The fraction of sp³-hybridized carbons (Fsp3) is 0. The molecule has 0 aliphatic rings. The van der Waals surface area contributed by atoms with Gasteiger partial charge in [-0.15, -0.1) is 0 Å². The zero-order valence-corrected chi connectivity index (χ0v) is 14.4. The molecule has 0 radical (unpaired) electrons. The predicted octanol–water partition coefficient (Wildman–Crippen LogP) is 6.59. The second kappa shape index (κ2) is 7.62. The van der Waals surface area contributed by atoms with E-state index in [0.717, 1.165) is 17.0 Å². The van der Waals surface area contributed by atoms with Crippen LogP contribution in [0.2, 0.25) is 0 Å². The van der Waals surface area contributed by atoms with E-state index in [1.165, 1.54) is 16.7 Å². The van der Waals surface area contributed by atoms with Crippen molar-refractivity contribution in [1.29, 1.82) is 0 Å². The van der Waals surface area contributed by atoms with Crippen LogP contribution in [0.15, 0.2) is 103 Å². The summed E-state index contributed by atoms with van der Waals surface area (Å²) in [5.41, 5.74) is 6.60. The Balaban J connectivity index is 1.79. The summed E-state index contributed by atoms with van der Waals surface area (Å²) in [5.74, 6) is 0. The van der Waals surface area contributed by atoms with Crippen LogP contribution in [0.25, 0.3) is 34.5 Å². The lowest BCUT2D eigenvalue weighted by Crippen LogP contribution is -1.90. The molecule has 124 valence electrons. The summed E-state index contributed by atoms with van der Waals surface area (Å²) in [6, 6.07) is 35.4. The van der Waals surface area contributed by atoms with Crippen molar-refractivity contribution in [2.24, 2.45) is 0 Å². The number of nitrogens with zero attached hydrogens (tertiary/aromatic N) is 1. The van der Waals surface area contributed by atoms with E-state index in [1.807, 2.05) is 42.5 Å². The molecule has 1 nitrogen and oxygen atoms in total. The van der Waals surface area contributed by atoms with E-state index in [-0.39, 0.29) is 0 Å². The Morgan fingerprint density at radius 3 is 1.73 bits per heavy atom. The third kappa shape index (κ3) is 3.79. The maximum Gasteiger partial charge on any atom is 0.0715 e. The molecule has 4 aromatic rings. The minimum atomic E-state index is 0.953. The first kappa shape index (κ1) is 16.0. The van der Waals surface area contributed by atoms with Crippen LogP contribution in [0.3, 0.4) is 0 Å². The van der Waals surface area contributed by atoms with E-state index in [1.54, 1.807) is 0 Å². The first-order chi connectivity index (χ1) is 12.9. The highest BCUT2D eigenvalue weighted by atomic mass is 14.7. The monoisotopic (exact) mass is 333 g/mol. The van der Waals surface area contributed by atoms with Crippen molar-refractivity contribution in [3.63, 3.8) is 0 Å². The van der Waals surface area contributed by atoms with Crippen molar-refractivity contribution in [3.8, 4) is 22.4 Å². The number of pyridine rings is 1. The molecule has 1 aromatic heterocycles. The average Bonchev–Trinajstić information content (AvgIpc) is 2.74. The Morgan fingerprint density at radius 1 is 0.500 bits per heavy atom. The normalized spacial score (nSPS) is 10.9. The van der Waals surface area contributed by atoms with Crippen LogP contribution >= 0.6 is 0 Å². The molecule has 0 spiro atoms. The Kier molecular flexibility index (Phi) is 4.70. The number of rotatable bonds is 4. The highest BCUT2D eigenvalue weighted by Crippen LogP contribution is 2.26. The van der Waals surface area contributed by atoms with Gasteiger partial charge in [0.25, 0.3) is 0 Å². The molecule has 0 amide bonds. The van der Waals surface area contributed by atoms with Gasteiger partial charge in [0.05, 0.1) is 11.4 Å². The Labute approximate surface area is 154 Å². The molecular weight excluding hydrogens is 314 g/mol. The van der Waals surface area contributed by atoms with Gasteiger partial charge in [-0.1, -0.05) is 97.1 Å². The summed E-state index contributed by atoms with van der Waals surface area (Å²) < 4.78 is 0. The Hall–Kier alpha value is -3.45. The first-order valence-corrected chi connectivity index (χ1v) is 8.74. The summed E-state index contributed by atoms with van der Waals surface area (Å²) in [6.07, 6.45) is 4.18. The van der Waals surface area contributed by atoms with Crippen LogP contribution in [0.4, 0.5) is 0 Å². The Bertz CT molecular complexity index is 946. The molecule has 0 aliphatic heterocycles. The van der Waals surface area contributed by atoms with Crippen LogP contribution in [-0.2, 0) is 0 Å². The minimum Gasteiger partial charge on any atom is -0.248 e. The largest absolute Gasteiger partial charge is 0.248 e. The maximum atomic E-state index is 4.86.